The molecule has 3 aromatic rings. The number of carbonyl (C=O) groups is 1. The number of hydrogen-bond acceptors (Lipinski definition) is 2. The predicted octanol–water partition coefficient (Wildman–Crippen LogP) is 4.89. The molecule has 146 valence electrons. The molecule has 4 rings (SSSR count). The zero-order valence-corrected chi connectivity index (χ0v) is 17.5. The van der Waals surface area contributed by atoms with E-state index in [0.717, 1.165) is 38.8 Å². The van der Waals surface area contributed by atoms with Gasteiger partial charge in [-0.3, -0.25) is 4.79 Å². The van der Waals surface area contributed by atoms with Crippen molar-refractivity contribution in [3.63, 3.8) is 0 Å². The molecule has 0 fully saturated rings. The fraction of sp³-hybridized carbons (Fsp3) is 0.167. The summed E-state index contributed by atoms with van der Waals surface area (Å²) in [5, 5.41) is 12.2. The lowest BCUT2D eigenvalue weighted by Gasteiger charge is -2.31. The number of anilines is 1. The standard InChI is InChI=1S/C24H23N3OS/c1-14-11-12-20(15(2)13-14)26-23(28)21-16(3)25-24(29)27-22(21)19-10-6-8-17-7-4-5-9-18(17)19/h4-13,22H,1-3H3,(H,26,28)(H2,25,27,29)/t22-/m0/s1. The van der Waals surface area contributed by atoms with Crippen molar-refractivity contribution in [2.45, 2.75) is 26.8 Å². The lowest BCUT2D eigenvalue weighted by atomic mass is 9.91. The van der Waals surface area contributed by atoms with E-state index in [1.165, 1.54) is 0 Å². The van der Waals surface area contributed by atoms with E-state index in [2.05, 4.69) is 40.2 Å². The molecule has 0 saturated carbocycles. The van der Waals surface area contributed by atoms with Gasteiger partial charge in [0.1, 0.15) is 0 Å². The maximum atomic E-state index is 13.3. The molecule has 3 N–H and O–H groups in total. The van der Waals surface area contributed by atoms with E-state index in [-0.39, 0.29) is 11.9 Å². The second kappa shape index (κ2) is 7.68. The Hall–Kier alpha value is -3.18. The van der Waals surface area contributed by atoms with Gasteiger partial charge in [0.25, 0.3) is 5.91 Å². The zero-order chi connectivity index (χ0) is 20.5. The summed E-state index contributed by atoms with van der Waals surface area (Å²) >= 11 is 5.40. The fourth-order valence-electron chi connectivity index (χ4n) is 3.87. The molecule has 29 heavy (non-hydrogen) atoms. The van der Waals surface area contributed by atoms with E-state index in [1.54, 1.807) is 0 Å². The fourth-order valence-corrected chi connectivity index (χ4v) is 4.14. The molecule has 5 heteroatoms. The molecule has 0 unspecified atom stereocenters. The maximum absolute atomic E-state index is 13.3. The van der Waals surface area contributed by atoms with Gasteiger partial charge in [-0.05, 0) is 61.0 Å². The summed E-state index contributed by atoms with van der Waals surface area (Å²) in [7, 11) is 0. The van der Waals surface area contributed by atoms with Crippen LogP contribution in [0.5, 0.6) is 0 Å². The molecule has 0 radical (unpaired) electrons. The van der Waals surface area contributed by atoms with Crippen LogP contribution >= 0.6 is 12.2 Å². The van der Waals surface area contributed by atoms with Crippen molar-refractivity contribution in [3.05, 3.63) is 88.6 Å². The van der Waals surface area contributed by atoms with Crippen LogP contribution in [-0.4, -0.2) is 11.0 Å². The molecule has 4 nitrogen and oxygen atoms in total. The van der Waals surface area contributed by atoms with Crippen LogP contribution in [0.4, 0.5) is 5.69 Å². The van der Waals surface area contributed by atoms with Crippen LogP contribution < -0.4 is 16.0 Å². The predicted molar refractivity (Wildman–Crippen MR) is 123 cm³/mol. The van der Waals surface area contributed by atoms with Gasteiger partial charge in [-0.2, -0.15) is 0 Å². The lowest BCUT2D eigenvalue weighted by molar-refractivity contribution is -0.113. The number of carbonyl (C=O) groups excluding carboxylic acids is 1. The van der Waals surface area contributed by atoms with E-state index >= 15 is 0 Å². The molecule has 1 heterocycles. The third-order valence-electron chi connectivity index (χ3n) is 5.28. The normalized spacial score (nSPS) is 16.4. The van der Waals surface area contributed by atoms with Gasteiger partial charge < -0.3 is 16.0 Å². The number of benzene rings is 3. The summed E-state index contributed by atoms with van der Waals surface area (Å²) in [5.74, 6) is -0.144. The van der Waals surface area contributed by atoms with E-state index < -0.39 is 0 Å². The number of hydrogen-bond donors (Lipinski definition) is 3. The van der Waals surface area contributed by atoms with Gasteiger partial charge in [0.05, 0.1) is 11.6 Å². The molecule has 1 atom stereocenters. The smallest absolute Gasteiger partial charge is 0.255 e. The number of nitrogens with one attached hydrogen (secondary N) is 3. The van der Waals surface area contributed by atoms with Crippen LogP contribution in [0.2, 0.25) is 0 Å². The Morgan fingerprint density at radius 3 is 2.55 bits per heavy atom. The molecule has 0 aromatic heterocycles. The summed E-state index contributed by atoms with van der Waals surface area (Å²) in [6.07, 6.45) is 0. The SMILES string of the molecule is CC1=C(C(=O)Nc2ccc(C)cc2C)[C@H](c2cccc3ccccc23)NC(=S)N1. The summed E-state index contributed by atoms with van der Waals surface area (Å²) in [4.78, 5) is 13.3. The Morgan fingerprint density at radius 2 is 1.76 bits per heavy atom. The first kappa shape index (κ1) is 19.2. The van der Waals surface area contributed by atoms with Crippen molar-refractivity contribution >= 4 is 39.7 Å². The van der Waals surface area contributed by atoms with E-state index in [0.29, 0.717) is 10.7 Å². The number of allylic oxidation sites excluding steroid dienone is 1. The Bertz CT molecular complexity index is 1160. The van der Waals surface area contributed by atoms with Crippen molar-refractivity contribution in [1.29, 1.82) is 0 Å². The summed E-state index contributed by atoms with van der Waals surface area (Å²) in [5.41, 5.74) is 5.42. The average Bonchev–Trinajstić information content (AvgIpc) is 2.69. The largest absolute Gasteiger partial charge is 0.351 e. The van der Waals surface area contributed by atoms with Crippen LogP contribution in [0.25, 0.3) is 10.8 Å². The third kappa shape index (κ3) is 3.74. The van der Waals surface area contributed by atoms with Crippen molar-refractivity contribution in [3.8, 4) is 0 Å². The van der Waals surface area contributed by atoms with Gasteiger partial charge >= 0.3 is 0 Å². The molecule has 0 bridgehead atoms. The van der Waals surface area contributed by atoms with E-state index in [1.807, 2.05) is 57.2 Å². The summed E-state index contributed by atoms with van der Waals surface area (Å²) < 4.78 is 0. The van der Waals surface area contributed by atoms with Gasteiger partial charge in [-0.15, -0.1) is 0 Å². The maximum Gasteiger partial charge on any atom is 0.255 e. The Kier molecular flexibility index (Phi) is 5.07. The zero-order valence-electron chi connectivity index (χ0n) is 16.7. The number of rotatable bonds is 3. The van der Waals surface area contributed by atoms with Gasteiger partial charge in [0.15, 0.2) is 5.11 Å². The number of amides is 1. The minimum Gasteiger partial charge on any atom is -0.351 e. The molecule has 0 aliphatic carbocycles. The first-order valence-electron chi connectivity index (χ1n) is 9.58. The molecular weight excluding hydrogens is 378 g/mol. The van der Waals surface area contributed by atoms with Crippen LogP contribution in [-0.2, 0) is 4.79 Å². The molecular formula is C24H23N3OS. The van der Waals surface area contributed by atoms with Gasteiger partial charge in [0, 0.05) is 11.4 Å². The molecule has 0 spiro atoms. The highest BCUT2D eigenvalue weighted by Crippen LogP contribution is 2.32. The average molecular weight is 402 g/mol. The Morgan fingerprint density at radius 1 is 1.00 bits per heavy atom. The molecule has 0 saturated heterocycles. The van der Waals surface area contributed by atoms with E-state index in [4.69, 9.17) is 12.2 Å². The van der Waals surface area contributed by atoms with Crippen LogP contribution in [0.1, 0.15) is 29.7 Å². The van der Waals surface area contributed by atoms with Crippen molar-refractivity contribution in [1.82, 2.24) is 10.6 Å². The monoisotopic (exact) mass is 401 g/mol. The lowest BCUT2D eigenvalue weighted by Crippen LogP contribution is -2.45. The number of thiocarbonyl (C=S) groups is 1. The highest BCUT2D eigenvalue weighted by atomic mass is 32.1. The molecule has 3 aromatic carbocycles. The minimum absolute atomic E-state index is 0.144. The second-order valence-corrected chi connectivity index (χ2v) is 7.82. The van der Waals surface area contributed by atoms with Crippen molar-refractivity contribution < 1.29 is 4.79 Å². The topological polar surface area (TPSA) is 53.2 Å². The summed E-state index contributed by atoms with van der Waals surface area (Å²) in [6, 6.07) is 20.0. The van der Waals surface area contributed by atoms with Crippen LogP contribution in [0.3, 0.4) is 0 Å². The highest BCUT2D eigenvalue weighted by Gasteiger charge is 2.31. The Labute approximate surface area is 176 Å². The number of fused-ring (bicyclic) bond motifs is 1. The minimum atomic E-state index is -0.333. The van der Waals surface area contributed by atoms with Gasteiger partial charge in [-0.1, -0.05) is 60.2 Å². The molecule has 1 aliphatic rings. The highest BCUT2D eigenvalue weighted by molar-refractivity contribution is 7.80. The van der Waals surface area contributed by atoms with Crippen LogP contribution in [0.15, 0.2) is 71.9 Å². The first-order chi connectivity index (χ1) is 13.9. The van der Waals surface area contributed by atoms with Crippen molar-refractivity contribution in [2.75, 3.05) is 5.32 Å². The summed E-state index contributed by atoms with van der Waals surface area (Å²) in [6.45, 7) is 5.93. The van der Waals surface area contributed by atoms with E-state index in [9.17, 15) is 4.79 Å². The third-order valence-corrected chi connectivity index (χ3v) is 5.50. The van der Waals surface area contributed by atoms with Gasteiger partial charge in [0.2, 0.25) is 0 Å². The second-order valence-electron chi connectivity index (χ2n) is 7.41. The Balaban J connectivity index is 1.77. The van der Waals surface area contributed by atoms with Crippen LogP contribution in [0, 0.1) is 13.8 Å². The number of aryl methyl sites for hydroxylation is 2. The molecule has 1 amide bonds. The first-order valence-corrected chi connectivity index (χ1v) is 9.99. The molecule has 1 aliphatic heterocycles. The quantitative estimate of drug-likeness (QED) is 0.547. The van der Waals surface area contributed by atoms with Gasteiger partial charge in [-0.25, -0.2) is 0 Å². The van der Waals surface area contributed by atoms with Crippen molar-refractivity contribution in [2.24, 2.45) is 0 Å².